The highest BCUT2D eigenvalue weighted by Gasteiger charge is 2.14. The van der Waals surface area contributed by atoms with Gasteiger partial charge in [0, 0.05) is 11.0 Å². The van der Waals surface area contributed by atoms with Crippen LogP contribution in [0.15, 0.2) is 34.2 Å². The molecule has 94 valence electrons. The van der Waals surface area contributed by atoms with E-state index in [0.717, 1.165) is 5.56 Å². The Labute approximate surface area is 110 Å². The first-order valence-corrected chi connectivity index (χ1v) is 7.12. The van der Waals surface area contributed by atoms with Gasteiger partial charge in [-0.2, -0.15) is 0 Å². The predicted octanol–water partition coefficient (Wildman–Crippen LogP) is 2.19. The molecular weight excluding hydrogens is 306 g/mol. The molecule has 1 aromatic rings. The van der Waals surface area contributed by atoms with Crippen LogP contribution in [0.1, 0.15) is 5.56 Å². The van der Waals surface area contributed by atoms with Crippen LogP contribution >= 0.6 is 15.9 Å². The summed E-state index contributed by atoms with van der Waals surface area (Å²) < 4.78 is 31.8. The van der Waals surface area contributed by atoms with Crippen molar-refractivity contribution >= 4 is 26.0 Å². The van der Waals surface area contributed by atoms with Crippen molar-refractivity contribution in [2.24, 2.45) is 0 Å². The van der Waals surface area contributed by atoms with Crippen molar-refractivity contribution in [3.63, 3.8) is 0 Å². The van der Waals surface area contributed by atoms with Gasteiger partial charge in [-0.25, -0.2) is 13.1 Å². The van der Waals surface area contributed by atoms with E-state index in [1.165, 1.54) is 6.07 Å². The molecule has 0 spiro atoms. The highest BCUT2D eigenvalue weighted by atomic mass is 79.9. The Bertz CT molecular complexity index is 526. The highest BCUT2D eigenvalue weighted by molar-refractivity contribution is 9.11. The van der Waals surface area contributed by atoms with Crippen molar-refractivity contribution in [2.75, 3.05) is 13.7 Å². The predicted molar refractivity (Wildman–Crippen MR) is 71.0 cm³/mol. The van der Waals surface area contributed by atoms with Gasteiger partial charge in [0.1, 0.15) is 5.75 Å². The fourth-order valence-corrected chi connectivity index (χ4v) is 2.71. The average Bonchev–Trinajstić information content (AvgIpc) is 2.26. The van der Waals surface area contributed by atoms with Gasteiger partial charge in [-0.1, -0.05) is 22.5 Å². The van der Waals surface area contributed by atoms with E-state index in [0.29, 0.717) is 10.2 Å². The van der Waals surface area contributed by atoms with Gasteiger partial charge in [-0.3, -0.25) is 0 Å². The Morgan fingerprint density at radius 1 is 1.53 bits per heavy atom. The van der Waals surface area contributed by atoms with Crippen LogP contribution in [-0.4, -0.2) is 22.1 Å². The summed E-state index contributed by atoms with van der Waals surface area (Å²) in [6.45, 7) is 5.52. The van der Waals surface area contributed by atoms with Crippen LogP contribution in [0.5, 0.6) is 5.75 Å². The molecule has 0 unspecified atom stereocenters. The first-order valence-electron chi connectivity index (χ1n) is 4.84. The van der Waals surface area contributed by atoms with Crippen LogP contribution in [0.3, 0.4) is 0 Å². The molecule has 0 saturated carbocycles. The minimum absolute atomic E-state index is 0.160. The lowest BCUT2D eigenvalue weighted by Gasteiger charge is -2.09. The molecule has 1 N–H and O–H groups in total. The number of methoxy groups -OCH3 is 1. The molecule has 0 saturated heterocycles. The summed E-state index contributed by atoms with van der Waals surface area (Å²) in [5, 5.41) is 0. The van der Waals surface area contributed by atoms with E-state index < -0.39 is 10.0 Å². The molecule has 0 radical (unpaired) electrons. The third kappa shape index (κ3) is 3.83. The maximum Gasteiger partial charge on any atom is 0.240 e. The molecular formula is C11H14BrNO3S. The second kappa shape index (κ2) is 5.66. The van der Waals surface area contributed by atoms with Crippen LogP contribution in [0.2, 0.25) is 0 Å². The number of nitrogens with one attached hydrogen (secondary N) is 1. The summed E-state index contributed by atoms with van der Waals surface area (Å²) >= 11 is 3.10. The third-order valence-corrected chi connectivity index (χ3v) is 3.81. The summed E-state index contributed by atoms with van der Waals surface area (Å²) in [6.07, 6.45) is 0. The van der Waals surface area contributed by atoms with Gasteiger partial charge in [0.15, 0.2) is 0 Å². The summed E-state index contributed by atoms with van der Waals surface area (Å²) in [4.78, 5) is 0.213. The van der Waals surface area contributed by atoms with Crippen molar-refractivity contribution < 1.29 is 13.2 Å². The Kier molecular flexibility index (Phi) is 4.73. The summed E-state index contributed by atoms with van der Waals surface area (Å²) in [5.74, 6) is 0.661. The van der Waals surface area contributed by atoms with Gasteiger partial charge in [0.25, 0.3) is 0 Å². The molecule has 0 atom stereocenters. The molecule has 6 heteroatoms. The molecule has 0 bridgehead atoms. The number of hydrogen-bond donors (Lipinski definition) is 1. The van der Waals surface area contributed by atoms with Gasteiger partial charge in [0.05, 0.1) is 12.0 Å². The molecule has 0 aliphatic heterocycles. The summed E-state index contributed by atoms with van der Waals surface area (Å²) in [7, 11) is -1.95. The lowest BCUT2D eigenvalue weighted by atomic mass is 10.2. The van der Waals surface area contributed by atoms with Crippen LogP contribution in [0.25, 0.3) is 0 Å². The van der Waals surface area contributed by atoms with E-state index in [-0.39, 0.29) is 11.4 Å². The molecule has 17 heavy (non-hydrogen) atoms. The highest BCUT2D eigenvalue weighted by Crippen LogP contribution is 2.21. The minimum Gasteiger partial charge on any atom is -0.496 e. The van der Waals surface area contributed by atoms with Crippen molar-refractivity contribution in [3.8, 4) is 5.75 Å². The van der Waals surface area contributed by atoms with Crippen molar-refractivity contribution in [1.82, 2.24) is 4.72 Å². The van der Waals surface area contributed by atoms with Gasteiger partial charge in [-0.15, -0.1) is 0 Å². The fourth-order valence-electron chi connectivity index (χ4n) is 1.27. The van der Waals surface area contributed by atoms with Crippen LogP contribution in [-0.2, 0) is 10.0 Å². The van der Waals surface area contributed by atoms with Crippen LogP contribution < -0.4 is 9.46 Å². The third-order valence-electron chi connectivity index (χ3n) is 2.13. The summed E-state index contributed by atoms with van der Waals surface area (Å²) in [5.41, 5.74) is 0.771. The minimum atomic E-state index is -3.50. The van der Waals surface area contributed by atoms with Gasteiger partial charge >= 0.3 is 0 Å². The maximum atomic E-state index is 11.9. The molecule has 4 nitrogen and oxygen atoms in total. The van der Waals surface area contributed by atoms with Crippen LogP contribution in [0, 0.1) is 6.92 Å². The van der Waals surface area contributed by atoms with Gasteiger partial charge in [0.2, 0.25) is 10.0 Å². The topological polar surface area (TPSA) is 55.4 Å². The van der Waals surface area contributed by atoms with E-state index in [1.807, 2.05) is 0 Å². The lowest BCUT2D eigenvalue weighted by Crippen LogP contribution is -2.24. The first-order chi connectivity index (χ1) is 7.86. The Morgan fingerprint density at radius 3 is 2.65 bits per heavy atom. The molecule has 0 aliphatic rings. The standard InChI is InChI=1S/C11H14BrNO3S/c1-8-6-10(4-5-11(8)16-3)17(14,15)13-7-9(2)12/h4-6,13H,2,7H2,1,3H3. The quantitative estimate of drug-likeness (QED) is 0.905. The van der Waals surface area contributed by atoms with Crippen LogP contribution in [0.4, 0.5) is 0 Å². The molecule has 0 amide bonds. The number of hydrogen-bond acceptors (Lipinski definition) is 3. The second-order valence-corrected chi connectivity index (χ2v) is 6.36. The van der Waals surface area contributed by atoms with Gasteiger partial charge in [-0.05, 0) is 30.7 Å². The Morgan fingerprint density at radius 2 is 2.18 bits per heavy atom. The van der Waals surface area contributed by atoms with Crippen molar-refractivity contribution in [1.29, 1.82) is 0 Å². The van der Waals surface area contributed by atoms with E-state index in [4.69, 9.17) is 4.74 Å². The number of rotatable bonds is 5. The van der Waals surface area contributed by atoms with E-state index >= 15 is 0 Å². The van der Waals surface area contributed by atoms with Crippen molar-refractivity contribution in [3.05, 3.63) is 34.8 Å². The fraction of sp³-hybridized carbons (Fsp3) is 0.273. The number of aryl methyl sites for hydroxylation is 1. The SMILES string of the molecule is C=C(Br)CNS(=O)(=O)c1ccc(OC)c(C)c1. The smallest absolute Gasteiger partial charge is 0.240 e. The number of benzene rings is 1. The molecule has 0 aromatic heterocycles. The molecule has 1 rings (SSSR count). The Balaban J connectivity index is 2.99. The average molecular weight is 320 g/mol. The monoisotopic (exact) mass is 319 g/mol. The molecule has 0 aliphatic carbocycles. The van der Waals surface area contributed by atoms with Crippen molar-refractivity contribution in [2.45, 2.75) is 11.8 Å². The molecule has 1 aromatic carbocycles. The van der Waals surface area contributed by atoms with Gasteiger partial charge < -0.3 is 4.74 Å². The summed E-state index contributed by atoms with van der Waals surface area (Å²) in [6, 6.07) is 4.70. The molecule has 0 fully saturated rings. The van der Waals surface area contributed by atoms with E-state index in [9.17, 15) is 8.42 Å². The van der Waals surface area contributed by atoms with E-state index in [1.54, 1.807) is 26.2 Å². The Hall–Kier alpha value is -0.850. The normalized spacial score (nSPS) is 11.2. The first kappa shape index (κ1) is 14.2. The molecule has 0 heterocycles. The maximum absolute atomic E-state index is 11.9. The zero-order valence-corrected chi connectivity index (χ0v) is 12.1. The van der Waals surface area contributed by atoms with E-state index in [2.05, 4.69) is 27.2 Å². The second-order valence-electron chi connectivity index (χ2n) is 3.47. The largest absolute Gasteiger partial charge is 0.496 e. The number of halogens is 1. The zero-order valence-electron chi connectivity index (χ0n) is 9.66. The zero-order chi connectivity index (χ0) is 13.1. The number of sulfonamides is 1. The lowest BCUT2D eigenvalue weighted by molar-refractivity contribution is 0.411. The number of ether oxygens (including phenoxy) is 1.